The van der Waals surface area contributed by atoms with E-state index in [9.17, 15) is 13.2 Å². The lowest BCUT2D eigenvalue weighted by Crippen LogP contribution is -2.28. The molecule has 2 aromatic rings. The topological polar surface area (TPSA) is 93.7 Å². The van der Waals surface area contributed by atoms with Crippen LogP contribution in [0.4, 0.5) is 5.69 Å². The van der Waals surface area contributed by atoms with E-state index in [0.29, 0.717) is 29.2 Å². The Morgan fingerprint density at radius 1 is 1.07 bits per heavy atom. The SMILES string of the molecule is CC[C@H](NC(=O)c1ccc(C)c(NS(C)(=O)=O)c1)c1ccc(OC)c(OC)c1. The van der Waals surface area contributed by atoms with Crippen molar-refractivity contribution >= 4 is 21.6 Å². The van der Waals surface area contributed by atoms with E-state index in [2.05, 4.69) is 10.0 Å². The van der Waals surface area contributed by atoms with Gasteiger partial charge in [0.1, 0.15) is 0 Å². The van der Waals surface area contributed by atoms with Gasteiger partial charge in [-0.15, -0.1) is 0 Å². The third kappa shape index (κ3) is 5.39. The first-order valence-electron chi connectivity index (χ1n) is 8.79. The summed E-state index contributed by atoms with van der Waals surface area (Å²) in [6, 6.07) is 10.2. The molecule has 8 heteroatoms. The van der Waals surface area contributed by atoms with Gasteiger partial charge in [0, 0.05) is 5.56 Å². The summed E-state index contributed by atoms with van der Waals surface area (Å²) in [7, 11) is -0.310. The van der Waals surface area contributed by atoms with Crippen LogP contribution in [0.3, 0.4) is 0 Å². The molecule has 28 heavy (non-hydrogen) atoms. The van der Waals surface area contributed by atoms with E-state index in [1.165, 1.54) is 6.07 Å². The minimum Gasteiger partial charge on any atom is -0.493 e. The van der Waals surface area contributed by atoms with Crippen LogP contribution in [0.1, 0.15) is 40.9 Å². The highest BCUT2D eigenvalue weighted by Crippen LogP contribution is 2.31. The fourth-order valence-corrected chi connectivity index (χ4v) is 3.42. The molecule has 0 aliphatic rings. The average molecular weight is 407 g/mol. The third-order valence-corrected chi connectivity index (χ3v) is 4.91. The Morgan fingerprint density at radius 2 is 1.75 bits per heavy atom. The van der Waals surface area contributed by atoms with Gasteiger partial charge >= 0.3 is 0 Å². The first-order chi connectivity index (χ1) is 13.2. The summed E-state index contributed by atoms with van der Waals surface area (Å²) in [4.78, 5) is 12.7. The monoisotopic (exact) mass is 406 g/mol. The quantitative estimate of drug-likeness (QED) is 0.702. The number of amides is 1. The summed E-state index contributed by atoms with van der Waals surface area (Å²) in [6.45, 7) is 3.74. The van der Waals surface area contributed by atoms with Crippen LogP contribution in [0.25, 0.3) is 0 Å². The van der Waals surface area contributed by atoms with Crippen molar-refractivity contribution in [2.24, 2.45) is 0 Å². The van der Waals surface area contributed by atoms with Crippen LogP contribution in [0, 0.1) is 6.92 Å². The average Bonchev–Trinajstić information content (AvgIpc) is 2.65. The van der Waals surface area contributed by atoms with Crippen molar-refractivity contribution in [1.29, 1.82) is 0 Å². The molecule has 0 radical (unpaired) electrons. The maximum atomic E-state index is 12.7. The van der Waals surface area contributed by atoms with Crippen LogP contribution in [0.5, 0.6) is 11.5 Å². The highest BCUT2D eigenvalue weighted by molar-refractivity contribution is 7.92. The van der Waals surface area contributed by atoms with E-state index >= 15 is 0 Å². The molecule has 0 saturated carbocycles. The summed E-state index contributed by atoms with van der Waals surface area (Å²) >= 11 is 0. The van der Waals surface area contributed by atoms with Crippen molar-refractivity contribution in [2.75, 3.05) is 25.2 Å². The molecule has 0 aromatic heterocycles. The number of ether oxygens (including phenoxy) is 2. The Morgan fingerprint density at radius 3 is 2.32 bits per heavy atom. The van der Waals surface area contributed by atoms with Crippen molar-refractivity contribution in [2.45, 2.75) is 26.3 Å². The minimum atomic E-state index is -3.43. The van der Waals surface area contributed by atoms with E-state index < -0.39 is 10.0 Å². The number of anilines is 1. The number of carbonyl (C=O) groups excluding carboxylic acids is 1. The van der Waals surface area contributed by atoms with Crippen molar-refractivity contribution < 1.29 is 22.7 Å². The number of methoxy groups -OCH3 is 2. The maximum absolute atomic E-state index is 12.7. The van der Waals surface area contributed by atoms with Gasteiger partial charge in [-0.05, 0) is 48.7 Å². The van der Waals surface area contributed by atoms with Crippen molar-refractivity contribution in [3.05, 3.63) is 53.1 Å². The number of sulfonamides is 1. The molecule has 0 saturated heterocycles. The second-order valence-corrected chi connectivity index (χ2v) is 8.20. The fourth-order valence-electron chi connectivity index (χ4n) is 2.81. The lowest BCUT2D eigenvalue weighted by Gasteiger charge is -2.19. The van der Waals surface area contributed by atoms with E-state index in [1.807, 2.05) is 19.1 Å². The van der Waals surface area contributed by atoms with Gasteiger partial charge in [0.2, 0.25) is 10.0 Å². The van der Waals surface area contributed by atoms with Crippen LogP contribution in [0.2, 0.25) is 0 Å². The number of benzene rings is 2. The van der Waals surface area contributed by atoms with Crippen molar-refractivity contribution in [1.82, 2.24) is 5.32 Å². The Labute approximate surface area is 166 Å². The van der Waals surface area contributed by atoms with E-state index in [4.69, 9.17) is 9.47 Å². The molecule has 2 N–H and O–H groups in total. The molecular formula is C20H26N2O5S. The molecule has 1 amide bonds. The molecule has 2 rings (SSSR count). The highest BCUT2D eigenvalue weighted by atomic mass is 32.2. The zero-order valence-electron chi connectivity index (χ0n) is 16.7. The van der Waals surface area contributed by atoms with Gasteiger partial charge in [0.15, 0.2) is 11.5 Å². The fraction of sp³-hybridized carbons (Fsp3) is 0.350. The minimum absolute atomic E-state index is 0.236. The van der Waals surface area contributed by atoms with Crippen molar-refractivity contribution in [3.8, 4) is 11.5 Å². The number of nitrogens with one attached hydrogen (secondary N) is 2. The first kappa shape index (κ1) is 21.6. The van der Waals surface area contributed by atoms with Gasteiger partial charge in [-0.3, -0.25) is 9.52 Å². The van der Waals surface area contributed by atoms with Gasteiger partial charge in [-0.2, -0.15) is 0 Å². The lowest BCUT2D eigenvalue weighted by molar-refractivity contribution is 0.0935. The zero-order valence-corrected chi connectivity index (χ0v) is 17.5. The van der Waals surface area contributed by atoms with Gasteiger partial charge in [0.05, 0.1) is 32.2 Å². The molecule has 0 aliphatic carbocycles. The second kappa shape index (κ2) is 8.97. The predicted octanol–water partition coefficient (Wildman–Crippen LogP) is 3.26. The van der Waals surface area contributed by atoms with E-state index in [0.717, 1.165) is 17.4 Å². The van der Waals surface area contributed by atoms with E-state index in [-0.39, 0.29) is 11.9 Å². The number of hydrogen-bond donors (Lipinski definition) is 2. The largest absolute Gasteiger partial charge is 0.493 e. The zero-order chi connectivity index (χ0) is 20.9. The van der Waals surface area contributed by atoms with Gasteiger partial charge in [0.25, 0.3) is 5.91 Å². The van der Waals surface area contributed by atoms with Crippen LogP contribution >= 0.6 is 0 Å². The van der Waals surface area contributed by atoms with Crippen LogP contribution in [-0.2, 0) is 10.0 Å². The van der Waals surface area contributed by atoms with Gasteiger partial charge in [-0.25, -0.2) is 8.42 Å². The number of hydrogen-bond acceptors (Lipinski definition) is 5. The van der Waals surface area contributed by atoms with Crippen molar-refractivity contribution in [3.63, 3.8) is 0 Å². The van der Waals surface area contributed by atoms with Gasteiger partial charge < -0.3 is 14.8 Å². The first-order valence-corrected chi connectivity index (χ1v) is 10.7. The summed E-state index contributed by atoms with van der Waals surface area (Å²) in [5.41, 5.74) is 2.37. The van der Waals surface area contributed by atoms with E-state index in [1.54, 1.807) is 39.3 Å². The molecular weight excluding hydrogens is 380 g/mol. The van der Waals surface area contributed by atoms with Crippen LogP contribution < -0.4 is 19.5 Å². The molecule has 0 fully saturated rings. The summed E-state index contributed by atoms with van der Waals surface area (Å²) in [5, 5.41) is 2.99. The summed E-state index contributed by atoms with van der Waals surface area (Å²) in [6.07, 6.45) is 1.74. The second-order valence-electron chi connectivity index (χ2n) is 6.45. The maximum Gasteiger partial charge on any atom is 0.251 e. The number of aryl methyl sites for hydroxylation is 1. The molecule has 0 heterocycles. The predicted molar refractivity (Wildman–Crippen MR) is 110 cm³/mol. The molecule has 0 unspecified atom stereocenters. The Hall–Kier alpha value is -2.74. The third-order valence-electron chi connectivity index (χ3n) is 4.32. The number of carbonyl (C=O) groups is 1. The molecule has 0 bridgehead atoms. The van der Waals surface area contributed by atoms with Crippen LogP contribution in [0.15, 0.2) is 36.4 Å². The smallest absolute Gasteiger partial charge is 0.251 e. The molecule has 1 atom stereocenters. The molecule has 0 spiro atoms. The summed E-state index contributed by atoms with van der Waals surface area (Å²) in [5.74, 6) is 0.906. The molecule has 2 aromatic carbocycles. The van der Waals surface area contributed by atoms with Crippen LogP contribution in [-0.4, -0.2) is 34.8 Å². The Kier molecular flexibility index (Phi) is 6.90. The summed E-state index contributed by atoms with van der Waals surface area (Å²) < 4.78 is 36.1. The van der Waals surface area contributed by atoms with Gasteiger partial charge in [-0.1, -0.05) is 19.1 Å². The Balaban J connectivity index is 2.26. The standard InChI is InChI=1S/C20H26N2O5S/c1-6-16(14-9-10-18(26-3)19(12-14)27-4)21-20(23)15-8-7-13(2)17(11-15)22-28(5,24)25/h7-12,16,22H,6H2,1-5H3,(H,21,23)/t16-/m0/s1. The molecule has 152 valence electrons. The highest BCUT2D eigenvalue weighted by Gasteiger charge is 2.17. The lowest BCUT2D eigenvalue weighted by atomic mass is 10.0. The normalized spacial score (nSPS) is 12.2. The molecule has 7 nitrogen and oxygen atoms in total. The Bertz CT molecular complexity index is 957. The number of rotatable bonds is 8. The molecule has 0 aliphatic heterocycles.